The molecule has 0 radical (unpaired) electrons. The molecule has 40 heavy (non-hydrogen) atoms. The van der Waals surface area contributed by atoms with Gasteiger partial charge in [-0.3, -0.25) is 9.59 Å². The highest BCUT2D eigenvalue weighted by Crippen LogP contribution is 2.13. The Morgan fingerprint density at radius 3 is 0.825 bits per heavy atom. The molecule has 0 saturated heterocycles. The van der Waals surface area contributed by atoms with Gasteiger partial charge >= 0.3 is 0 Å². The minimum atomic E-state index is 0.220. The third kappa shape index (κ3) is 33.1. The smallest absolute Gasteiger partial charge is 0.219 e. The van der Waals surface area contributed by atoms with Crippen molar-refractivity contribution in [3.05, 3.63) is 0 Å². The van der Waals surface area contributed by atoms with E-state index in [2.05, 4.69) is 24.5 Å². The quantitative estimate of drug-likeness (QED) is 0.0779. The van der Waals surface area contributed by atoms with Crippen molar-refractivity contribution in [1.29, 1.82) is 0 Å². The molecule has 0 unspecified atom stereocenters. The monoisotopic (exact) mass is 565 g/mol. The van der Waals surface area contributed by atoms with Crippen LogP contribution in [0.3, 0.4) is 0 Å². The van der Waals surface area contributed by atoms with E-state index in [0.717, 1.165) is 51.6 Å². The second-order valence-electron chi connectivity index (χ2n) is 12.4. The van der Waals surface area contributed by atoms with Crippen molar-refractivity contribution in [2.75, 3.05) is 13.1 Å². The van der Waals surface area contributed by atoms with Gasteiger partial charge < -0.3 is 10.6 Å². The third-order valence-corrected chi connectivity index (χ3v) is 8.26. The zero-order valence-electron chi connectivity index (χ0n) is 27.4. The molecule has 0 aromatic heterocycles. The van der Waals surface area contributed by atoms with Crippen LogP contribution in [-0.2, 0) is 9.59 Å². The van der Waals surface area contributed by atoms with Crippen molar-refractivity contribution in [3.8, 4) is 0 Å². The summed E-state index contributed by atoms with van der Waals surface area (Å²) in [7, 11) is 0. The lowest BCUT2D eigenvalue weighted by Gasteiger charge is -2.07. The summed E-state index contributed by atoms with van der Waals surface area (Å²) in [6, 6.07) is 0. The summed E-state index contributed by atoms with van der Waals surface area (Å²) in [6.45, 7) is 6.14. The Morgan fingerprint density at radius 2 is 0.550 bits per heavy atom. The maximum Gasteiger partial charge on any atom is 0.219 e. The molecule has 0 aliphatic carbocycles. The Morgan fingerprint density at radius 1 is 0.325 bits per heavy atom. The van der Waals surface area contributed by atoms with E-state index in [0.29, 0.717) is 12.8 Å². The molecule has 4 nitrogen and oxygen atoms in total. The number of carbonyl (C=O) groups excluding carboxylic acids is 2. The predicted octanol–water partition coefficient (Wildman–Crippen LogP) is 11.0. The van der Waals surface area contributed by atoms with Crippen LogP contribution < -0.4 is 10.6 Å². The fourth-order valence-corrected chi connectivity index (χ4v) is 5.49. The lowest BCUT2D eigenvalue weighted by atomic mass is 10.0. The summed E-state index contributed by atoms with van der Waals surface area (Å²) in [5.74, 6) is 0.439. The van der Waals surface area contributed by atoms with Crippen molar-refractivity contribution in [1.82, 2.24) is 10.6 Å². The van der Waals surface area contributed by atoms with E-state index in [-0.39, 0.29) is 11.8 Å². The molecule has 0 spiro atoms. The number of nitrogens with one attached hydrogen (secondary N) is 2. The van der Waals surface area contributed by atoms with E-state index in [1.54, 1.807) is 0 Å². The van der Waals surface area contributed by atoms with Gasteiger partial charge in [-0.25, -0.2) is 0 Å². The summed E-state index contributed by atoms with van der Waals surface area (Å²) in [6.07, 6.45) is 37.6. The van der Waals surface area contributed by atoms with Crippen LogP contribution in [0, 0.1) is 0 Å². The highest BCUT2D eigenvalue weighted by Gasteiger charge is 2.02. The van der Waals surface area contributed by atoms with E-state index in [9.17, 15) is 9.59 Å². The molecule has 2 amide bonds. The maximum absolute atomic E-state index is 12.0. The van der Waals surface area contributed by atoms with Gasteiger partial charge in [0.05, 0.1) is 0 Å². The van der Waals surface area contributed by atoms with E-state index in [1.165, 1.54) is 141 Å². The molecule has 0 aromatic rings. The third-order valence-electron chi connectivity index (χ3n) is 8.26. The second-order valence-corrected chi connectivity index (χ2v) is 12.4. The Labute approximate surface area is 251 Å². The zero-order chi connectivity index (χ0) is 29.2. The van der Waals surface area contributed by atoms with Gasteiger partial charge in [0.2, 0.25) is 11.8 Å². The first-order valence-corrected chi connectivity index (χ1v) is 18.2. The van der Waals surface area contributed by atoms with Gasteiger partial charge in [0.15, 0.2) is 0 Å². The van der Waals surface area contributed by atoms with Crippen molar-refractivity contribution < 1.29 is 9.59 Å². The molecule has 0 atom stereocenters. The van der Waals surface area contributed by atoms with Crippen LogP contribution in [-0.4, -0.2) is 24.9 Å². The van der Waals surface area contributed by atoms with Crippen LogP contribution in [0.25, 0.3) is 0 Å². The first-order valence-electron chi connectivity index (χ1n) is 18.2. The summed E-state index contributed by atoms with van der Waals surface area (Å²) < 4.78 is 0. The van der Waals surface area contributed by atoms with Crippen molar-refractivity contribution in [2.45, 2.75) is 206 Å². The van der Waals surface area contributed by atoms with Gasteiger partial charge in [0.1, 0.15) is 0 Å². The fourth-order valence-electron chi connectivity index (χ4n) is 5.49. The highest BCUT2D eigenvalue weighted by atomic mass is 16.2. The van der Waals surface area contributed by atoms with Crippen molar-refractivity contribution in [3.63, 3.8) is 0 Å². The molecule has 0 aliphatic rings. The molecule has 0 aromatic carbocycles. The molecule has 0 aliphatic heterocycles. The zero-order valence-corrected chi connectivity index (χ0v) is 27.4. The lowest BCUT2D eigenvalue weighted by molar-refractivity contribution is -0.122. The van der Waals surface area contributed by atoms with Crippen LogP contribution >= 0.6 is 0 Å². The molecular formula is C36H72N2O2. The number of hydrogen-bond donors (Lipinski definition) is 2. The summed E-state index contributed by atoms with van der Waals surface area (Å²) >= 11 is 0. The summed E-state index contributed by atoms with van der Waals surface area (Å²) in [5, 5.41) is 6.16. The summed E-state index contributed by atoms with van der Waals surface area (Å²) in [4.78, 5) is 24.0. The van der Waals surface area contributed by atoms with Crippen LogP contribution in [0.2, 0.25) is 0 Å². The van der Waals surface area contributed by atoms with Crippen LogP contribution in [0.4, 0.5) is 0 Å². The topological polar surface area (TPSA) is 58.2 Å². The predicted molar refractivity (Wildman–Crippen MR) is 176 cm³/mol. The van der Waals surface area contributed by atoms with Gasteiger partial charge in [0, 0.05) is 25.9 Å². The average molecular weight is 565 g/mol. The van der Waals surface area contributed by atoms with Crippen molar-refractivity contribution >= 4 is 11.8 Å². The molecular weight excluding hydrogens is 492 g/mol. The van der Waals surface area contributed by atoms with E-state index in [1.807, 2.05) is 0 Å². The number of amides is 2. The molecule has 0 bridgehead atoms. The van der Waals surface area contributed by atoms with E-state index >= 15 is 0 Å². The number of unbranched alkanes of at least 4 members (excludes halogenated alkanes) is 25. The SMILES string of the molecule is CCCCCCCCCCCCCCC(=O)NCCCCCCNC(=O)CCCCCCCCCCCCCC. The largest absolute Gasteiger partial charge is 0.356 e. The molecule has 0 saturated carbocycles. The summed E-state index contributed by atoms with van der Waals surface area (Å²) in [5.41, 5.74) is 0. The maximum atomic E-state index is 12.0. The number of carbonyl (C=O) groups is 2. The van der Waals surface area contributed by atoms with Gasteiger partial charge in [-0.05, 0) is 25.7 Å². The van der Waals surface area contributed by atoms with Gasteiger partial charge in [-0.15, -0.1) is 0 Å². The van der Waals surface area contributed by atoms with Gasteiger partial charge in [0.25, 0.3) is 0 Å². The highest BCUT2D eigenvalue weighted by molar-refractivity contribution is 5.76. The van der Waals surface area contributed by atoms with Gasteiger partial charge in [-0.1, -0.05) is 168 Å². The Balaban J connectivity index is 3.25. The molecule has 0 heterocycles. The lowest BCUT2D eigenvalue weighted by Crippen LogP contribution is -2.24. The minimum absolute atomic E-state index is 0.220. The molecule has 0 fully saturated rings. The second kappa shape index (κ2) is 34.1. The fraction of sp³-hybridized carbons (Fsp3) is 0.944. The normalized spacial score (nSPS) is 11.2. The first kappa shape index (κ1) is 38.9. The Kier molecular flexibility index (Phi) is 33.2. The van der Waals surface area contributed by atoms with Gasteiger partial charge in [-0.2, -0.15) is 0 Å². The van der Waals surface area contributed by atoms with Crippen LogP contribution in [0.5, 0.6) is 0 Å². The Bertz CT molecular complexity index is 477. The van der Waals surface area contributed by atoms with E-state index < -0.39 is 0 Å². The number of rotatable bonds is 33. The van der Waals surface area contributed by atoms with Crippen molar-refractivity contribution in [2.24, 2.45) is 0 Å². The molecule has 238 valence electrons. The molecule has 2 N–H and O–H groups in total. The van der Waals surface area contributed by atoms with E-state index in [4.69, 9.17) is 0 Å². The average Bonchev–Trinajstić information content (AvgIpc) is 2.95. The van der Waals surface area contributed by atoms with Crippen LogP contribution in [0.1, 0.15) is 206 Å². The number of hydrogen-bond acceptors (Lipinski definition) is 2. The molecule has 4 heteroatoms. The Hall–Kier alpha value is -1.06. The first-order chi connectivity index (χ1) is 19.7. The standard InChI is InChI=1S/C36H72N2O2/c1-3-5-7-9-11-13-15-17-19-21-23-27-31-35(39)37-33-29-25-26-30-34-38-36(40)32-28-24-22-20-18-16-14-12-10-8-6-4-2/h3-34H2,1-2H3,(H,37,39)(H,38,40). The molecule has 0 rings (SSSR count). The van der Waals surface area contributed by atoms with Crippen LogP contribution in [0.15, 0.2) is 0 Å². The minimum Gasteiger partial charge on any atom is -0.356 e.